The number of likely N-dealkylation sites (N-methyl/N-ethyl adjacent to an activating group) is 1. The number of pyridine rings is 1. The van der Waals surface area contributed by atoms with E-state index in [1.807, 2.05) is 24.0 Å². The molecule has 0 aliphatic carbocycles. The number of para-hydroxylation sites is 1. The molecule has 0 saturated carbocycles. The van der Waals surface area contributed by atoms with Crippen LogP contribution in [0.25, 0.3) is 0 Å². The van der Waals surface area contributed by atoms with E-state index in [0.29, 0.717) is 24.2 Å². The highest BCUT2D eigenvalue weighted by molar-refractivity contribution is 5.95. The van der Waals surface area contributed by atoms with Gasteiger partial charge in [0.05, 0.1) is 5.56 Å². The van der Waals surface area contributed by atoms with Crippen LogP contribution in [0.4, 0.5) is 5.69 Å². The third-order valence-electron chi connectivity index (χ3n) is 6.44. The van der Waals surface area contributed by atoms with Gasteiger partial charge in [-0.25, -0.2) is 0 Å². The lowest BCUT2D eigenvalue weighted by atomic mass is 10.0. The van der Waals surface area contributed by atoms with E-state index in [9.17, 15) is 4.79 Å². The minimum Gasteiger partial charge on any atom is -0.384 e. The van der Waals surface area contributed by atoms with E-state index in [2.05, 4.69) is 47.4 Å². The minimum atomic E-state index is 0.0779. The van der Waals surface area contributed by atoms with Gasteiger partial charge in [0.15, 0.2) is 0 Å². The number of aryl methyl sites for hydroxylation is 2. The predicted octanol–water partition coefficient (Wildman–Crippen LogP) is 3.62. The molecule has 2 unspecified atom stereocenters. The summed E-state index contributed by atoms with van der Waals surface area (Å²) >= 11 is 0. The summed E-state index contributed by atoms with van der Waals surface area (Å²) in [6.45, 7) is 6.40. The summed E-state index contributed by atoms with van der Waals surface area (Å²) in [7, 11) is 2.22. The normalized spacial score (nSPS) is 22.9. The van der Waals surface area contributed by atoms with Crippen LogP contribution in [-0.4, -0.2) is 52.9 Å². The molecule has 1 saturated heterocycles. The Morgan fingerprint density at radius 2 is 1.93 bits per heavy atom. The summed E-state index contributed by atoms with van der Waals surface area (Å²) in [5.41, 5.74) is 5.11. The van der Waals surface area contributed by atoms with Crippen LogP contribution >= 0.6 is 0 Å². The zero-order chi connectivity index (χ0) is 19.7. The second kappa shape index (κ2) is 7.92. The number of carbonyl (C=O) groups excluding carboxylic acids is 1. The van der Waals surface area contributed by atoms with Gasteiger partial charge in [0.2, 0.25) is 0 Å². The molecule has 1 N–H and O–H groups in total. The van der Waals surface area contributed by atoms with E-state index in [1.54, 1.807) is 6.20 Å². The third-order valence-corrected chi connectivity index (χ3v) is 6.44. The van der Waals surface area contributed by atoms with Gasteiger partial charge in [-0.15, -0.1) is 0 Å². The summed E-state index contributed by atoms with van der Waals surface area (Å²) in [6, 6.07) is 11.1. The Bertz CT molecular complexity index is 865. The van der Waals surface area contributed by atoms with E-state index >= 15 is 0 Å². The predicted molar refractivity (Wildman–Crippen MR) is 113 cm³/mol. The number of nitrogens with zero attached hydrogens (tertiary/aromatic N) is 3. The zero-order valence-electron chi connectivity index (χ0n) is 17.1. The van der Waals surface area contributed by atoms with Crippen molar-refractivity contribution >= 4 is 11.6 Å². The Balaban J connectivity index is 1.72. The van der Waals surface area contributed by atoms with Crippen molar-refractivity contribution in [1.82, 2.24) is 14.8 Å². The lowest BCUT2D eigenvalue weighted by Gasteiger charge is -2.31. The topological polar surface area (TPSA) is 48.5 Å². The van der Waals surface area contributed by atoms with Gasteiger partial charge in [-0.1, -0.05) is 18.2 Å². The van der Waals surface area contributed by atoms with E-state index in [4.69, 9.17) is 0 Å². The Labute approximate surface area is 167 Å². The number of fused-ring (bicyclic) bond motifs is 3. The number of amides is 1. The van der Waals surface area contributed by atoms with Crippen molar-refractivity contribution < 1.29 is 4.79 Å². The maximum Gasteiger partial charge on any atom is 0.256 e. The molecule has 148 valence electrons. The van der Waals surface area contributed by atoms with Gasteiger partial charge in [-0.3, -0.25) is 14.7 Å². The second-order valence-corrected chi connectivity index (χ2v) is 8.20. The van der Waals surface area contributed by atoms with Crippen molar-refractivity contribution in [3.05, 3.63) is 58.9 Å². The molecule has 1 amide bonds. The largest absolute Gasteiger partial charge is 0.384 e. The Hall–Kier alpha value is -2.40. The molecule has 2 atom stereocenters. The third kappa shape index (κ3) is 3.63. The van der Waals surface area contributed by atoms with Gasteiger partial charge >= 0.3 is 0 Å². The molecule has 1 aromatic heterocycles. The van der Waals surface area contributed by atoms with Crippen molar-refractivity contribution in [2.75, 3.05) is 25.5 Å². The number of benzene rings is 1. The van der Waals surface area contributed by atoms with Gasteiger partial charge in [0, 0.05) is 49.3 Å². The summed E-state index contributed by atoms with van der Waals surface area (Å²) < 4.78 is 0. The first kappa shape index (κ1) is 18.9. The molecule has 2 aliphatic rings. The van der Waals surface area contributed by atoms with Crippen molar-refractivity contribution in [3.8, 4) is 0 Å². The SMILES string of the molecule is Cc1cccc2c1NCCC1CCC(CN(C(=O)c3cccnc3C)C2)N1C. The van der Waals surface area contributed by atoms with Gasteiger partial charge in [0.1, 0.15) is 0 Å². The summed E-state index contributed by atoms with van der Waals surface area (Å²) in [4.78, 5) is 22.3. The van der Waals surface area contributed by atoms with Gasteiger partial charge in [-0.05, 0) is 63.4 Å². The van der Waals surface area contributed by atoms with Crippen LogP contribution < -0.4 is 5.32 Å². The van der Waals surface area contributed by atoms with Crippen LogP contribution in [0.2, 0.25) is 0 Å². The molecule has 1 fully saturated rings. The molecular weight excluding hydrogens is 348 g/mol. The van der Waals surface area contributed by atoms with Crippen molar-refractivity contribution in [2.24, 2.45) is 0 Å². The van der Waals surface area contributed by atoms with Crippen LogP contribution in [0, 0.1) is 13.8 Å². The fourth-order valence-electron chi connectivity index (χ4n) is 4.70. The second-order valence-electron chi connectivity index (χ2n) is 8.20. The number of aromatic nitrogens is 1. The molecule has 0 radical (unpaired) electrons. The smallest absolute Gasteiger partial charge is 0.256 e. The van der Waals surface area contributed by atoms with E-state index < -0.39 is 0 Å². The summed E-state index contributed by atoms with van der Waals surface area (Å²) in [5, 5.41) is 3.67. The molecule has 1 aromatic carbocycles. The molecule has 5 heteroatoms. The van der Waals surface area contributed by atoms with Gasteiger partial charge in [-0.2, -0.15) is 0 Å². The highest BCUT2D eigenvalue weighted by atomic mass is 16.2. The monoisotopic (exact) mass is 378 g/mol. The highest BCUT2D eigenvalue weighted by Gasteiger charge is 2.33. The Morgan fingerprint density at radius 1 is 1.11 bits per heavy atom. The quantitative estimate of drug-likeness (QED) is 0.823. The number of carbonyl (C=O) groups is 1. The van der Waals surface area contributed by atoms with Crippen LogP contribution in [0.15, 0.2) is 36.5 Å². The maximum absolute atomic E-state index is 13.5. The van der Waals surface area contributed by atoms with Crippen LogP contribution in [0.1, 0.15) is 46.4 Å². The molecule has 2 aliphatic heterocycles. The molecule has 5 nitrogen and oxygen atoms in total. The zero-order valence-corrected chi connectivity index (χ0v) is 17.1. The molecule has 28 heavy (non-hydrogen) atoms. The lowest BCUT2D eigenvalue weighted by molar-refractivity contribution is 0.0688. The van der Waals surface area contributed by atoms with Crippen molar-refractivity contribution in [1.29, 1.82) is 0 Å². The Kier molecular flexibility index (Phi) is 5.36. The molecule has 2 bridgehead atoms. The maximum atomic E-state index is 13.5. The number of rotatable bonds is 1. The molecule has 0 spiro atoms. The Morgan fingerprint density at radius 3 is 2.75 bits per heavy atom. The van der Waals surface area contributed by atoms with Crippen molar-refractivity contribution in [3.63, 3.8) is 0 Å². The van der Waals surface area contributed by atoms with Gasteiger partial charge < -0.3 is 10.2 Å². The lowest BCUT2D eigenvalue weighted by Crippen LogP contribution is -2.43. The number of hydrogen-bond donors (Lipinski definition) is 1. The van der Waals surface area contributed by atoms with E-state index in [-0.39, 0.29) is 5.91 Å². The standard InChI is InChI=1S/C23H30N4O/c1-16-6-4-7-18-14-27(23(28)21-8-5-12-24-17(21)2)15-20-10-9-19(26(20)3)11-13-25-22(16)18/h4-8,12,19-20,25H,9-11,13-15H2,1-3H3. The van der Waals surface area contributed by atoms with Crippen LogP contribution in [-0.2, 0) is 6.54 Å². The summed E-state index contributed by atoms with van der Waals surface area (Å²) in [5.74, 6) is 0.0779. The summed E-state index contributed by atoms with van der Waals surface area (Å²) in [6.07, 6.45) is 5.24. The fourth-order valence-corrected chi connectivity index (χ4v) is 4.70. The molecule has 4 rings (SSSR count). The number of hydrogen-bond acceptors (Lipinski definition) is 4. The van der Waals surface area contributed by atoms with E-state index in [1.165, 1.54) is 23.2 Å². The average molecular weight is 379 g/mol. The first-order chi connectivity index (χ1) is 13.5. The van der Waals surface area contributed by atoms with Crippen molar-refractivity contribution in [2.45, 2.75) is 51.7 Å². The minimum absolute atomic E-state index is 0.0779. The first-order valence-electron chi connectivity index (χ1n) is 10.3. The molecular formula is C23H30N4O. The highest BCUT2D eigenvalue weighted by Crippen LogP contribution is 2.29. The molecule has 2 aromatic rings. The van der Waals surface area contributed by atoms with E-state index in [0.717, 1.165) is 31.6 Å². The number of anilines is 1. The van der Waals surface area contributed by atoms with Crippen LogP contribution in [0.3, 0.4) is 0 Å². The average Bonchev–Trinajstić information content (AvgIpc) is 3.01. The van der Waals surface area contributed by atoms with Gasteiger partial charge in [0.25, 0.3) is 5.91 Å². The fraction of sp³-hybridized carbons (Fsp3) is 0.478. The number of nitrogens with one attached hydrogen (secondary N) is 1. The molecule has 3 heterocycles. The first-order valence-corrected chi connectivity index (χ1v) is 10.3. The van der Waals surface area contributed by atoms with Crippen LogP contribution in [0.5, 0.6) is 0 Å².